The van der Waals surface area contributed by atoms with Gasteiger partial charge in [-0.2, -0.15) is 0 Å². The molecule has 0 unspecified atom stereocenters. The minimum Gasteiger partial charge on any atom is -0.330 e. The Bertz CT molecular complexity index is 326. The molecule has 1 aromatic carbocycles. The summed E-state index contributed by atoms with van der Waals surface area (Å²) in [6, 6.07) is 6.68. The highest BCUT2D eigenvalue weighted by Crippen LogP contribution is 2.31. The molecule has 0 saturated carbocycles. The molecule has 0 aliphatic rings. The zero-order valence-corrected chi connectivity index (χ0v) is 12.4. The van der Waals surface area contributed by atoms with E-state index in [4.69, 9.17) is 5.73 Å². The molecule has 0 aliphatic heterocycles. The second-order valence-electron chi connectivity index (χ2n) is 4.18. The van der Waals surface area contributed by atoms with Crippen LogP contribution in [-0.4, -0.2) is 11.8 Å². The molecule has 0 saturated heterocycles. The van der Waals surface area contributed by atoms with E-state index in [0.29, 0.717) is 5.25 Å². The van der Waals surface area contributed by atoms with E-state index in [1.807, 2.05) is 11.8 Å². The Kier molecular flexibility index (Phi) is 6.47. The molecule has 3 heteroatoms. The summed E-state index contributed by atoms with van der Waals surface area (Å²) < 4.78 is 1.22. The van der Waals surface area contributed by atoms with Crippen LogP contribution in [0.2, 0.25) is 0 Å². The molecule has 0 bridgehead atoms. The van der Waals surface area contributed by atoms with E-state index in [9.17, 15) is 0 Å². The van der Waals surface area contributed by atoms with Crippen LogP contribution in [-0.2, 0) is 6.42 Å². The van der Waals surface area contributed by atoms with Gasteiger partial charge in [0, 0.05) is 14.6 Å². The molecule has 2 N–H and O–H groups in total. The molecular formula is C13H20BrNS. The molecule has 0 spiro atoms. The summed E-state index contributed by atoms with van der Waals surface area (Å²) in [6.07, 6.45) is 3.42. The number of aryl methyl sites for hydroxylation is 1. The fraction of sp³-hybridized carbons (Fsp3) is 0.538. The highest BCUT2D eigenvalue weighted by Gasteiger charge is 2.04. The molecule has 0 heterocycles. The molecule has 90 valence electrons. The lowest BCUT2D eigenvalue weighted by atomic mass is 10.1. The third kappa shape index (κ3) is 4.89. The lowest BCUT2D eigenvalue weighted by molar-refractivity contribution is 0.744. The average molecular weight is 302 g/mol. The monoisotopic (exact) mass is 301 g/mol. The number of rotatable bonds is 6. The minimum atomic E-state index is 0.624. The van der Waals surface area contributed by atoms with Gasteiger partial charge in [0.05, 0.1) is 0 Å². The first-order valence-electron chi connectivity index (χ1n) is 5.78. The molecule has 16 heavy (non-hydrogen) atoms. The zero-order valence-electron chi connectivity index (χ0n) is 10.0. The van der Waals surface area contributed by atoms with Crippen LogP contribution in [0.1, 0.15) is 32.3 Å². The van der Waals surface area contributed by atoms with Crippen molar-refractivity contribution in [2.45, 2.75) is 43.3 Å². The molecule has 0 amide bonds. The largest absolute Gasteiger partial charge is 0.330 e. The van der Waals surface area contributed by atoms with Crippen LogP contribution in [0.5, 0.6) is 0 Å². The Morgan fingerprint density at radius 3 is 2.62 bits per heavy atom. The van der Waals surface area contributed by atoms with Crippen molar-refractivity contribution in [3.05, 3.63) is 28.2 Å². The lowest BCUT2D eigenvalue weighted by Gasteiger charge is -2.09. The smallest absolute Gasteiger partial charge is 0.0314 e. The maximum atomic E-state index is 5.49. The van der Waals surface area contributed by atoms with Crippen molar-refractivity contribution in [3.8, 4) is 0 Å². The van der Waals surface area contributed by atoms with E-state index in [1.54, 1.807) is 0 Å². The fourth-order valence-electron chi connectivity index (χ4n) is 1.52. The molecule has 0 atom stereocenters. The SMILES string of the molecule is CC(C)Sc1ccc(CCCCN)cc1Br. The molecular weight excluding hydrogens is 282 g/mol. The van der Waals surface area contributed by atoms with E-state index < -0.39 is 0 Å². The van der Waals surface area contributed by atoms with Crippen molar-refractivity contribution >= 4 is 27.7 Å². The van der Waals surface area contributed by atoms with Crippen molar-refractivity contribution in [2.75, 3.05) is 6.54 Å². The first-order chi connectivity index (χ1) is 7.63. The van der Waals surface area contributed by atoms with Crippen molar-refractivity contribution in [1.82, 2.24) is 0 Å². The maximum absolute atomic E-state index is 5.49. The second kappa shape index (κ2) is 7.36. The lowest BCUT2D eigenvalue weighted by Crippen LogP contribution is -1.99. The number of hydrogen-bond donors (Lipinski definition) is 1. The average Bonchev–Trinajstić information content (AvgIpc) is 2.22. The van der Waals surface area contributed by atoms with Gasteiger partial charge in [0.1, 0.15) is 0 Å². The van der Waals surface area contributed by atoms with Crippen LogP contribution >= 0.6 is 27.7 Å². The molecule has 0 radical (unpaired) electrons. The van der Waals surface area contributed by atoms with Gasteiger partial charge in [0.15, 0.2) is 0 Å². The number of benzene rings is 1. The topological polar surface area (TPSA) is 26.0 Å². The number of halogens is 1. The van der Waals surface area contributed by atoms with Crippen LogP contribution in [0.15, 0.2) is 27.6 Å². The quantitative estimate of drug-likeness (QED) is 0.628. The van der Waals surface area contributed by atoms with Crippen LogP contribution < -0.4 is 5.73 Å². The summed E-state index contributed by atoms with van der Waals surface area (Å²) in [5.41, 5.74) is 6.89. The van der Waals surface area contributed by atoms with Crippen LogP contribution in [0, 0.1) is 0 Å². The van der Waals surface area contributed by atoms with Crippen molar-refractivity contribution in [3.63, 3.8) is 0 Å². The number of unbranched alkanes of at least 4 members (excludes halogenated alkanes) is 1. The molecule has 0 fully saturated rings. The van der Waals surface area contributed by atoms with Gasteiger partial charge in [0.25, 0.3) is 0 Å². The Morgan fingerprint density at radius 2 is 2.06 bits per heavy atom. The third-order valence-electron chi connectivity index (χ3n) is 2.28. The summed E-state index contributed by atoms with van der Waals surface area (Å²) in [5.74, 6) is 0. The van der Waals surface area contributed by atoms with E-state index in [0.717, 1.165) is 19.4 Å². The summed E-state index contributed by atoms with van der Waals surface area (Å²) in [5, 5.41) is 0.624. The Labute approximate surface area is 111 Å². The number of hydrogen-bond acceptors (Lipinski definition) is 2. The van der Waals surface area contributed by atoms with Gasteiger partial charge in [0.2, 0.25) is 0 Å². The maximum Gasteiger partial charge on any atom is 0.0314 e. The van der Waals surface area contributed by atoms with E-state index in [1.165, 1.54) is 21.4 Å². The standard InChI is InChI=1S/C13H20BrNS/c1-10(2)16-13-7-6-11(9-12(13)14)5-3-4-8-15/h6-7,9-10H,3-5,8,15H2,1-2H3. The predicted molar refractivity (Wildman–Crippen MR) is 77.1 cm³/mol. The van der Waals surface area contributed by atoms with Gasteiger partial charge in [-0.3, -0.25) is 0 Å². The van der Waals surface area contributed by atoms with Crippen molar-refractivity contribution in [2.24, 2.45) is 5.73 Å². The highest BCUT2D eigenvalue weighted by molar-refractivity contribution is 9.10. The Balaban J connectivity index is 2.60. The highest BCUT2D eigenvalue weighted by atomic mass is 79.9. The summed E-state index contributed by atoms with van der Waals surface area (Å²) in [6.45, 7) is 5.22. The van der Waals surface area contributed by atoms with Gasteiger partial charge < -0.3 is 5.73 Å². The van der Waals surface area contributed by atoms with Gasteiger partial charge in [-0.25, -0.2) is 0 Å². The Morgan fingerprint density at radius 1 is 1.31 bits per heavy atom. The Hall–Kier alpha value is 0.01000. The van der Waals surface area contributed by atoms with Gasteiger partial charge in [-0.15, -0.1) is 11.8 Å². The van der Waals surface area contributed by atoms with E-state index in [-0.39, 0.29) is 0 Å². The first kappa shape index (κ1) is 14.1. The minimum absolute atomic E-state index is 0.624. The summed E-state index contributed by atoms with van der Waals surface area (Å²) in [7, 11) is 0. The molecule has 1 aromatic rings. The fourth-order valence-corrected chi connectivity index (χ4v) is 3.06. The number of nitrogens with two attached hydrogens (primary N) is 1. The van der Waals surface area contributed by atoms with Gasteiger partial charge in [-0.05, 0) is 59.4 Å². The number of thioether (sulfide) groups is 1. The van der Waals surface area contributed by atoms with Crippen molar-refractivity contribution < 1.29 is 0 Å². The van der Waals surface area contributed by atoms with Gasteiger partial charge in [-0.1, -0.05) is 19.9 Å². The van der Waals surface area contributed by atoms with Crippen LogP contribution in [0.25, 0.3) is 0 Å². The normalized spacial score (nSPS) is 11.1. The summed E-state index contributed by atoms with van der Waals surface area (Å²) >= 11 is 5.53. The van der Waals surface area contributed by atoms with Crippen LogP contribution in [0.4, 0.5) is 0 Å². The van der Waals surface area contributed by atoms with Crippen molar-refractivity contribution in [1.29, 1.82) is 0 Å². The van der Waals surface area contributed by atoms with E-state index >= 15 is 0 Å². The predicted octanol–water partition coefficient (Wildman–Crippen LogP) is 4.23. The molecule has 0 aromatic heterocycles. The second-order valence-corrected chi connectivity index (χ2v) is 6.65. The molecule has 0 aliphatic carbocycles. The molecule has 1 rings (SSSR count). The first-order valence-corrected chi connectivity index (χ1v) is 7.46. The third-order valence-corrected chi connectivity index (χ3v) is 4.28. The molecule has 1 nitrogen and oxygen atoms in total. The zero-order chi connectivity index (χ0) is 12.0. The van der Waals surface area contributed by atoms with E-state index in [2.05, 4.69) is 48.0 Å². The van der Waals surface area contributed by atoms with Gasteiger partial charge >= 0.3 is 0 Å². The van der Waals surface area contributed by atoms with Crippen LogP contribution in [0.3, 0.4) is 0 Å². The summed E-state index contributed by atoms with van der Waals surface area (Å²) in [4.78, 5) is 1.33.